The van der Waals surface area contributed by atoms with Crippen molar-refractivity contribution >= 4 is 23.8 Å². The highest BCUT2D eigenvalue weighted by Gasteiger charge is 2.43. The smallest absolute Gasteiger partial charge is 0.328 e. The third-order valence-corrected chi connectivity index (χ3v) is 4.16. The summed E-state index contributed by atoms with van der Waals surface area (Å²) in [5.74, 6) is -2.57. The van der Waals surface area contributed by atoms with Gasteiger partial charge in [0.25, 0.3) is 0 Å². The molecule has 0 bridgehead atoms. The van der Waals surface area contributed by atoms with Crippen molar-refractivity contribution in [3.05, 3.63) is 0 Å². The molecule has 0 spiro atoms. The summed E-state index contributed by atoms with van der Waals surface area (Å²) in [5, 5.41) is 0. The Balaban J connectivity index is 2.10. The number of amides is 2. The number of carbonyl (C=O) groups is 4. The number of carbonyl (C=O) groups excluding carboxylic acids is 4. The van der Waals surface area contributed by atoms with Crippen LogP contribution in [0.15, 0.2) is 0 Å². The number of rotatable bonds is 2. The quantitative estimate of drug-likeness (QED) is 0.495. The van der Waals surface area contributed by atoms with Crippen LogP contribution in [0.3, 0.4) is 0 Å². The molecule has 2 heterocycles. The van der Waals surface area contributed by atoms with Crippen LogP contribution >= 0.6 is 0 Å². The van der Waals surface area contributed by atoms with Gasteiger partial charge in [0.1, 0.15) is 12.1 Å². The first-order chi connectivity index (χ1) is 10.5. The Morgan fingerprint density at radius 2 is 1.14 bits per heavy atom. The fourth-order valence-corrected chi connectivity index (χ4v) is 3.03. The molecule has 2 rings (SSSR count). The van der Waals surface area contributed by atoms with Gasteiger partial charge in [-0.25, -0.2) is 9.59 Å². The Bertz CT molecular complexity index is 448. The maximum atomic E-state index is 12.4. The van der Waals surface area contributed by atoms with Crippen molar-refractivity contribution in [3.63, 3.8) is 0 Å². The van der Waals surface area contributed by atoms with E-state index in [0.717, 1.165) is 0 Å². The first kappa shape index (κ1) is 16.3. The lowest BCUT2D eigenvalue weighted by Gasteiger charge is -2.27. The molecule has 0 N–H and O–H groups in total. The van der Waals surface area contributed by atoms with Crippen LogP contribution in [0.25, 0.3) is 0 Å². The maximum Gasteiger partial charge on any atom is 0.328 e. The Labute approximate surface area is 128 Å². The van der Waals surface area contributed by atoms with E-state index in [4.69, 9.17) is 0 Å². The number of hydrogen-bond acceptors (Lipinski definition) is 6. The fraction of sp³-hybridized carbons (Fsp3) is 0.714. The molecule has 0 radical (unpaired) electrons. The lowest BCUT2D eigenvalue weighted by molar-refractivity contribution is -0.160. The summed E-state index contributed by atoms with van der Waals surface area (Å²) in [4.78, 5) is 50.6. The summed E-state index contributed by atoms with van der Waals surface area (Å²) in [5.41, 5.74) is 0. The molecule has 8 heteroatoms. The normalized spacial score (nSPS) is 24.3. The van der Waals surface area contributed by atoms with Crippen LogP contribution < -0.4 is 0 Å². The molecule has 0 aromatic carbocycles. The second kappa shape index (κ2) is 6.76. The van der Waals surface area contributed by atoms with Gasteiger partial charge < -0.3 is 19.3 Å². The van der Waals surface area contributed by atoms with Gasteiger partial charge in [-0.15, -0.1) is 0 Å². The van der Waals surface area contributed by atoms with Gasteiger partial charge >= 0.3 is 23.8 Å². The molecule has 122 valence electrons. The van der Waals surface area contributed by atoms with E-state index in [2.05, 4.69) is 9.47 Å². The van der Waals surface area contributed by atoms with Crippen molar-refractivity contribution in [1.82, 2.24) is 9.80 Å². The van der Waals surface area contributed by atoms with Crippen molar-refractivity contribution in [2.45, 2.75) is 37.8 Å². The van der Waals surface area contributed by atoms with Crippen LogP contribution in [0.1, 0.15) is 25.7 Å². The van der Waals surface area contributed by atoms with Crippen molar-refractivity contribution in [3.8, 4) is 0 Å². The lowest BCUT2D eigenvalue weighted by Crippen LogP contribution is -2.52. The second-order valence-corrected chi connectivity index (χ2v) is 5.36. The van der Waals surface area contributed by atoms with Crippen LogP contribution in [0.4, 0.5) is 0 Å². The molecule has 2 amide bonds. The first-order valence-electron chi connectivity index (χ1n) is 7.28. The van der Waals surface area contributed by atoms with Crippen molar-refractivity contribution < 1.29 is 28.7 Å². The molecular formula is C14H20N2O6. The molecule has 0 aromatic rings. The van der Waals surface area contributed by atoms with E-state index in [1.165, 1.54) is 24.0 Å². The zero-order valence-electron chi connectivity index (χ0n) is 12.7. The Kier molecular flexibility index (Phi) is 4.99. The minimum atomic E-state index is -0.760. The number of esters is 2. The maximum absolute atomic E-state index is 12.4. The van der Waals surface area contributed by atoms with Crippen LogP contribution in [0.5, 0.6) is 0 Å². The third-order valence-electron chi connectivity index (χ3n) is 4.16. The lowest BCUT2D eigenvalue weighted by atomic mass is 10.2. The number of likely N-dealkylation sites (tertiary alicyclic amines) is 2. The zero-order chi connectivity index (χ0) is 16.3. The average molecular weight is 312 g/mol. The van der Waals surface area contributed by atoms with Crippen molar-refractivity contribution in [2.75, 3.05) is 27.3 Å². The summed E-state index contributed by atoms with van der Waals surface area (Å²) in [7, 11) is 2.50. The summed E-state index contributed by atoms with van der Waals surface area (Å²) < 4.78 is 9.33. The number of nitrogens with zero attached hydrogens (tertiary/aromatic N) is 2. The molecule has 2 fully saturated rings. The van der Waals surface area contributed by atoms with Gasteiger partial charge in [-0.2, -0.15) is 0 Å². The molecule has 2 atom stereocenters. The largest absolute Gasteiger partial charge is 0.467 e. The monoisotopic (exact) mass is 312 g/mol. The first-order valence-corrected chi connectivity index (χ1v) is 7.28. The number of hydrogen-bond donors (Lipinski definition) is 0. The van der Waals surface area contributed by atoms with E-state index in [9.17, 15) is 19.2 Å². The Hall–Kier alpha value is -2.12. The van der Waals surface area contributed by atoms with Crippen LogP contribution in [0, 0.1) is 0 Å². The molecule has 2 aliphatic rings. The molecular weight excluding hydrogens is 292 g/mol. The van der Waals surface area contributed by atoms with E-state index in [0.29, 0.717) is 38.8 Å². The van der Waals surface area contributed by atoms with Crippen LogP contribution in [-0.4, -0.2) is 72.9 Å². The molecule has 0 aliphatic carbocycles. The van der Waals surface area contributed by atoms with E-state index >= 15 is 0 Å². The Morgan fingerprint density at radius 1 is 0.773 bits per heavy atom. The van der Waals surface area contributed by atoms with Crippen LogP contribution in [-0.2, 0) is 28.7 Å². The van der Waals surface area contributed by atoms with Gasteiger partial charge in [0.15, 0.2) is 0 Å². The van der Waals surface area contributed by atoms with E-state index in [1.54, 1.807) is 0 Å². The summed E-state index contributed by atoms with van der Waals surface area (Å²) in [6, 6.07) is -1.44. The number of methoxy groups -OCH3 is 2. The topological polar surface area (TPSA) is 93.2 Å². The predicted octanol–water partition coefficient (Wildman–Crippen LogP) is -0.686. The number of ether oxygens (including phenoxy) is 2. The highest BCUT2D eigenvalue weighted by molar-refractivity contribution is 6.35. The minimum Gasteiger partial charge on any atom is -0.467 e. The van der Waals surface area contributed by atoms with E-state index < -0.39 is 35.8 Å². The highest BCUT2D eigenvalue weighted by Crippen LogP contribution is 2.22. The third kappa shape index (κ3) is 2.90. The van der Waals surface area contributed by atoms with Gasteiger partial charge in [0.05, 0.1) is 14.2 Å². The van der Waals surface area contributed by atoms with Crippen LogP contribution in [0.2, 0.25) is 0 Å². The minimum absolute atomic E-state index is 0.334. The molecule has 22 heavy (non-hydrogen) atoms. The highest BCUT2D eigenvalue weighted by atomic mass is 16.5. The second-order valence-electron chi connectivity index (χ2n) is 5.36. The Morgan fingerprint density at radius 3 is 1.45 bits per heavy atom. The van der Waals surface area contributed by atoms with Gasteiger partial charge in [0, 0.05) is 13.1 Å². The summed E-state index contributed by atoms with van der Waals surface area (Å²) >= 11 is 0. The van der Waals surface area contributed by atoms with E-state index in [-0.39, 0.29) is 0 Å². The van der Waals surface area contributed by atoms with Gasteiger partial charge in [-0.05, 0) is 25.7 Å². The van der Waals surface area contributed by atoms with Crippen molar-refractivity contribution in [1.29, 1.82) is 0 Å². The molecule has 0 saturated carbocycles. The predicted molar refractivity (Wildman–Crippen MR) is 73.5 cm³/mol. The molecule has 2 aliphatic heterocycles. The zero-order valence-corrected chi connectivity index (χ0v) is 12.7. The average Bonchev–Trinajstić information content (AvgIpc) is 3.20. The van der Waals surface area contributed by atoms with Gasteiger partial charge in [0.2, 0.25) is 0 Å². The SMILES string of the molecule is COC(=O)C1CCCN1C(=O)C(=O)N1CCCC1C(=O)OC. The van der Waals surface area contributed by atoms with Gasteiger partial charge in [-0.1, -0.05) is 0 Å². The molecule has 8 nitrogen and oxygen atoms in total. The van der Waals surface area contributed by atoms with Crippen molar-refractivity contribution in [2.24, 2.45) is 0 Å². The molecule has 2 unspecified atom stereocenters. The summed E-state index contributed by atoms with van der Waals surface area (Å²) in [6.45, 7) is 0.669. The molecule has 0 aromatic heterocycles. The molecule has 2 saturated heterocycles. The summed E-state index contributed by atoms with van der Waals surface area (Å²) in [6.07, 6.45) is 2.23. The van der Waals surface area contributed by atoms with Gasteiger partial charge in [-0.3, -0.25) is 9.59 Å². The standard InChI is InChI=1S/C14H20N2O6/c1-21-13(19)9-5-3-7-15(9)11(17)12(18)16-8-4-6-10(16)14(20)22-2/h9-10H,3-8H2,1-2H3. The fourth-order valence-electron chi connectivity index (χ4n) is 3.03. The van der Waals surface area contributed by atoms with E-state index in [1.807, 2.05) is 0 Å².